The summed E-state index contributed by atoms with van der Waals surface area (Å²) in [6.45, 7) is 2.05. The molecule has 0 saturated heterocycles. The highest BCUT2D eigenvalue weighted by Gasteiger charge is 2.13. The number of rotatable bonds is 4. The van der Waals surface area contributed by atoms with E-state index in [0.717, 1.165) is 11.1 Å². The molecule has 1 aromatic heterocycles. The predicted octanol–water partition coefficient (Wildman–Crippen LogP) is 1.64. The minimum absolute atomic E-state index is 0.152. The highest BCUT2D eigenvalue weighted by molar-refractivity contribution is 7.89. The summed E-state index contributed by atoms with van der Waals surface area (Å²) < 4.78 is 27.0. The SMILES string of the molecule is Cc1ccc(S(=O)(=O)NCc2ccc3[nH]c(=O)[nH]c3c2)cc1. The third-order valence-electron chi connectivity index (χ3n) is 3.38. The minimum atomic E-state index is -3.55. The van der Waals surface area contributed by atoms with Crippen LogP contribution in [-0.4, -0.2) is 18.4 Å². The standard InChI is InChI=1S/C15H15N3O3S/c1-10-2-5-12(6-3-10)22(20,21)16-9-11-4-7-13-14(8-11)18-15(19)17-13/h2-8,16H,9H2,1H3,(H2,17,18,19). The summed E-state index contributed by atoms with van der Waals surface area (Å²) in [5.74, 6) is 0. The van der Waals surface area contributed by atoms with Crippen molar-refractivity contribution in [2.45, 2.75) is 18.4 Å². The van der Waals surface area contributed by atoms with Gasteiger partial charge in [0.25, 0.3) is 0 Å². The van der Waals surface area contributed by atoms with Crippen LogP contribution in [0.2, 0.25) is 0 Å². The van der Waals surface area contributed by atoms with E-state index in [-0.39, 0.29) is 17.1 Å². The lowest BCUT2D eigenvalue weighted by Crippen LogP contribution is -2.23. The normalized spacial score (nSPS) is 11.9. The van der Waals surface area contributed by atoms with Gasteiger partial charge in [-0.05, 0) is 36.8 Å². The highest BCUT2D eigenvalue weighted by atomic mass is 32.2. The number of nitrogens with one attached hydrogen (secondary N) is 3. The Labute approximate surface area is 127 Å². The highest BCUT2D eigenvalue weighted by Crippen LogP contribution is 2.13. The van der Waals surface area contributed by atoms with Crippen molar-refractivity contribution >= 4 is 21.1 Å². The Hall–Kier alpha value is -2.38. The molecular weight excluding hydrogens is 302 g/mol. The van der Waals surface area contributed by atoms with Crippen LogP contribution in [0.25, 0.3) is 11.0 Å². The monoisotopic (exact) mass is 317 g/mol. The second kappa shape index (κ2) is 5.43. The molecule has 0 fully saturated rings. The van der Waals surface area contributed by atoms with Crippen LogP contribution < -0.4 is 10.4 Å². The third kappa shape index (κ3) is 2.95. The van der Waals surface area contributed by atoms with Crippen molar-refractivity contribution in [3.63, 3.8) is 0 Å². The van der Waals surface area contributed by atoms with Gasteiger partial charge in [-0.15, -0.1) is 0 Å². The molecular formula is C15H15N3O3S. The molecule has 22 heavy (non-hydrogen) atoms. The molecule has 1 heterocycles. The molecule has 0 atom stereocenters. The van der Waals surface area contributed by atoms with Gasteiger partial charge in [0.1, 0.15) is 0 Å². The van der Waals surface area contributed by atoms with Crippen LogP contribution in [0.1, 0.15) is 11.1 Å². The molecule has 0 unspecified atom stereocenters. The van der Waals surface area contributed by atoms with Gasteiger partial charge in [-0.2, -0.15) is 0 Å². The molecule has 3 rings (SSSR count). The molecule has 0 saturated carbocycles. The van der Waals surface area contributed by atoms with Crippen molar-refractivity contribution < 1.29 is 8.42 Å². The summed E-state index contributed by atoms with van der Waals surface area (Å²) in [7, 11) is -3.55. The first-order valence-electron chi connectivity index (χ1n) is 6.71. The molecule has 2 aromatic carbocycles. The molecule has 114 valence electrons. The maximum atomic E-state index is 12.2. The fraction of sp³-hybridized carbons (Fsp3) is 0.133. The molecule has 0 spiro atoms. The molecule has 7 heteroatoms. The maximum absolute atomic E-state index is 12.2. The zero-order valence-electron chi connectivity index (χ0n) is 11.9. The number of aryl methyl sites for hydroxylation is 1. The summed E-state index contributed by atoms with van der Waals surface area (Å²) >= 11 is 0. The zero-order chi connectivity index (χ0) is 15.7. The average molecular weight is 317 g/mol. The Kier molecular flexibility index (Phi) is 3.59. The van der Waals surface area contributed by atoms with Crippen LogP contribution in [0.15, 0.2) is 52.2 Å². The van der Waals surface area contributed by atoms with Crippen molar-refractivity contribution in [3.8, 4) is 0 Å². The van der Waals surface area contributed by atoms with E-state index in [1.165, 1.54) is 0 Å². The molecule has 0 radical (unpaired) electrons. The first-order chi connectivity index (χ1) is 10.4. The number of aromatic nitrogens is 2. The Bertz CT molecular complexity index is 969. The van der Waals surface area contributed by atoms with Crippen molar-refractivity contribution in [2.24, 2.45) is 0 Å². The number of hydrogen-bond acceptors (Lipinski definition) is 3. The molecule has 0 amide bonds. The fourth-order valence-corrected chi connectivity index (χ4v) is 3.19. The number of imidazole rings is 1. The Morgan fingerprint density at radius 2 is 1.68 bits per heavy atom. The van der Waals surface area contributed by atoms with E-state index in [0.29, 0.717) is 11.0 Å². The van der Waals surface area contributed by atoms with Gasteiger partial charge in [-0.3, -0.25) is 0 Å². The topological polar surface area (TPSA) is 94.8 Å². The molecule has 3 N–H and O–H groups in total. The lowest BCUT2D eigenvalue weighted by molar-refractivity contribution is 0.581. The zero-order valence-corrected chi connectivity index (χ0v) is 12.7. The molecule has 3 aromatic rings. The van der Waals surface area contributed by atoms with E-state index >= 15 is 0 Å². The number of fused-ring (bicyclic) bond motifs is 1. The van der Waals surface area contributed by atoms with Crippen LogP contribution >= 0.6 is 0 Å². The number of hydrogen-bond donors (Lipinski definition) is 3. The molecule has 0 aliphatic heterocycles. The van der Waals surface area contributed by atoms with Gasteiger partial charge in [0.05, 0.1) is 15.9 Å². The Morgan fingerprint density at radius 1 is 1.00 bits per heavy atom. The molecule has 0 aliphatic carbocycles. The van der Waals surface area contributed by atoms with Gasteiger partial charge < -0.3 is 9.97 Å². The second-order valence-corrected chi connectivity index (χ2v) is 6.86. The smallest absolute Gasteiger partial charge is 0.306 e. The van der Waals surface area contributed by atoms with Crippen LogP contribution in [0.4, 0.5) is 0 Å². The summed E-state index contributed by atoms with van der Waals surface area (Å²) in [6, 6.07) is 11.9. The van der Waals surface area contributed by atoms with Gasteiger partial charge in [0.15, 0.2) is 0 Å². The van der Waals surface area contributed by atoms with Crippen molar-refractivity contribution in [1.29, 1.82) is 0 Å². The van der Waals surface area contributed by atoms with E-state index in [2.05, 4.69) is 14.7 Å². The number of benzene rings is 2. The lowest BCUT2D eigenvalue weighted by Gasteiger charge is -2.07. The molecule has 0 bridgehead atoms. The van der Waals surface area contributed by atoms with E-state index in [9.17, 15) is 13.2 Å². The van der Waals surface area contributed by atoms with E-state index in [4.69, 9.17) is 0 Å². The van der Waals surface area contributed by atoms with Gasteiger partial charge in [0, 0.05) is 6.54 Å². The van der Waals surface area contributed by atoms with Crippen LogP contribution in [0.5, 0.6) is 0 Å². The van der Waals surface area contributed by atoms with Crippen molar-refractivity contribution in [2.75, 3.05) is 0 Å². The van der Waals surface area contributed by atoms with Crippen molar-refractivity contribution in [3.05, 3.63) is 64.1 Å². The summed E-state index contributed by atoms with van der Waals surface area (Å²) in [6.07, 6.45) is 0. The van der Waals surface area contributed by atoms with Crippen molar-refractivity contribution in [1.82, 2.24) is 14.7 Å². The van der Waals surface area contributed by atoms with Crippen LogP contribution in [0.3, 0.4) is 0 Å². The Balaban J connectivity index is 1.80. The van der Waals surface area contributed by atoms with Crippen LogP contribution in [0, 0.1) is 6.92 Å². The number of H-pyrrole nitrogens is 2. The maximum Gasteiger partial charge on any atom is 0.323 e. The molecule has 6 nitrogen and oxygen atoms in total. The summed E-state index contributed by atoms with van der Waals surface area (Å²) in [5, 5.41) is 0. The minimum Gasteiger partial charge on any atom is -0.306 e. The Morgan fingerprint density at radius 3 is 2.41 bits per heavy atom. The number of aromatic amines is 2. The summed E-state index contributed by atoms with van der Waals surface area (Å²) in [5.41, 5.74) is 2.82. The van der Waals surface area contributed by atoms with Crippen LogP contribution in [-0.2, 0) is 16.6 Å². The second-order valence-electron chi connectivity index (χ2n) is 5.10. The lowest BCUT2D eigenvalue weighted by atomic mass is 10.2. The number of sulfonamides is 1. The fourth-order valence-electron chi connectivity index (χ4n) is 2.17. The van der Waals surface area contributed by atoms with E-state index < -0.39 is 10.0 Å². The molecule has 0 aliphatic rings. The summed E-state index contributed by atoms with van der Waals surface area (Å²) in [4.78, 5) is 16.7. The van der Waals surface area contributed by atoms with Gasteiger partial charge >= 0.3 is 5.69 Å². The largest absolute Gasteiger partial charge is 0.323 e. The van der Waals surface area contributed by atoms with E-state index in [1.807, 2.05) is 6.92 Å². The first kappa shape index (κ1) is 14.6. The third-order valence-corrected chi connectivity index (χ3v) is 4.80. The first-order valence-corrected chi connectivity index (χ1v) is 8.20. The van der Waals surface area contributed by atoms with Gasteiger partial charge in [0.2, 0.25) is 10.0 Å². The van der Waals surface area contributed by atoms with E-state index in [1.54, 1.807) is 42.5 Å². The quantitative estimate of drug-likeness (QED) is 0.682. The van der Waals surface area contributed by atoms with Gasteiger partial charge in [-0.1, -0.05) is 23.8 Å². The average Bonchev–Trinajstić information content (AvgIpc) is 2.85. The predicted molar refractivity (Wildman–Crippen MR) is 84.1 cm³/mol. The van der Waals surface area contributed by atoms with Gasteiger partial charge in [-0.25, -0.2) is 17.9 Å².